The number of alkyl halides is 2. The molecule has 0 bridgehead atoms. The molecule has 144 valence electrons. The summed E-state index contributed by atoms with van der Waals surface area (Å²) in [6.45, 7) is 1.94. The van der Waals surface area contributed by atoms with Crippen molar-refractivity contribution in [3.63, 3.8) is 0 Å². The maximum absolute atomic E-state index is 12.8. The first-order valence-corrected chi connectivity index (χ1v) is 9.06. The molecule has 6 nitrogen and oxygen atoms in total. The molecule has 2 aromatic heterocycles. The number of nitrogens with zero attached hydrogens (tertiary/aromatic N) is 3. The molecule has 3 aromatic rings. The highest BCUT2D eigenvalue weighted by Crippen LogP contribution is 2.34. The van der Waals surface area contributed by atoms with E-state index in [2.05, 4.69) is 20.4 Å². The first kappa shape index (κ1) is 18.2. The Kier molecular flexibility index (Phi) is 4.85. The van der Waals surface area contributed by atoms with Crippen LogP contribution < -0.4 is 5.32 Å². The predicted octanol–water partition coefficient (Wildman–Crippen LogP) is 4.05. The molecule has 0 spiro atoms. The lowest BCUT2D eigenvalue weighted by Crippen LogP contribution is -2.27. The standard InChI is InChI=1S/C20H18F2N4O2/c1-2-17-25-19(26-28-17)12-3-5-14-11(9-12)4-6-15(14)24-20(27)13-7-8-23-16(10-13)18(21)22/h3,5,7-10,15,18H,2,4,6H2,1H3,(H,24,27)/t15-/m1/s1. The van der Waals surface area contributed by atoms with Gasteiger partial charge in [0.05, 0.1) is 6.04 Å². The second-order valence-corrected chi connectivity index (χ2v) is 6.61. The molecule has 4 rings (SSSR count). The van der Waals surface area contributed by atoms with Gasteiger partial charge in [-0.15, -0.1) is 0 Å². The Morgan fingerprint density at radius 3 is 2.93 bits per heavy atom. The zero-order valence-corrected chi connectivity index (χ0v) is 15.2. The number of benzene rings is 1. The molecule has 0 unspecified atom stereocenters. The molecule has 1 aliphatic carbocycles. The average Bonchev–Trinajstić information content (AvgIpc) is 3.35. The highest BCUT2D eigenvalue weighted by Gasteiger charge is 2.25. The predicted molar refractivity (Wildman–Crippen MR) is 96.8 cm³/mol. The van der Waals surface area contributed by atoms with Gasteiger partial charge < -0.3 is 9.84 Å². The Morgan fingerprint density at radius 1 is 1.32 bits per heavy atom. The molecule has 0 aliphatic heterocycles. The Bertz CT molecular complexity index is 1020. The van der Waals surface area contributed by atoms with E-state index in [9.17, 15) is 13.6 Å². The maximum atomic E-state index is 12.8. The van der Waals surface area contributed by atoms with E-state index in [1.165, 1.54) is 12.3 Å². The maximum Gasteiger partial charge on any atom is 0.280 e. The molecule has 1 N–H and O–H groups in total. The van der Waals surface area contributed by atoms with Gasteiger partial charge in [0.1, 0.15) is 5.69 Å². The summed E-state index contributed by atoms with van der Waals surface area (Å²) in [7, 11) is 0. The number of aryl methyl sites for hydroxylation is 2. The molecule has 0 saturated carbocycles. The molecule has 8 heteroatoms. The number of hydrogen-bond donors (Lipinski definition) is 1. The van der Waals surface area contributed by atoms with Crippen LogP contribution in [-0.2, 0) is 12.8 Å². The van der Waals surface area contributed by atoms with Crippen molar-refractivity contribution in [2.75, 3.05) is 0 Å². The topological polar surface area (TPSA) is 80.9 Å². The number of carbonyl (C=O) groups excluding carboxylic acids is 1. The van der Waals surface area contributed by atoms with E-state index in [0.717, 1.165) is 35.6 Å². The second kappa shape index (κ2) is 7.46. The van der Waals surface area contributed by atoms with Gasteiger partial charge in [-0.05, 0) is 42.2 Å². The van der Waals surface area contributed by atoms with Gasteiger partial charge in [-0.1, -0.05) is 24.2 Å². The Morgan fingerprint density at radius 2 is 2.18 bits per heavy atom. The first-order valence-electron chi connectivity index (χ1n) is 9.06. The molecular weight excluding hydrogens is 366 g/mol. The van der Waals surface area contributed by atoms with E-state index in [0.29, 0.717) is 18.1 Å². The smallest absolute Gasteiger partial charge is 0.280 e. The fourth-order valence-corrected chi connectivity index (χ4v) is 3.37. The molecule has 1 atom stereocenters. The number of carbonyl (C=O) groups is 1. The second-order valence-electron chi connectivity index (χ2n) is 6.61. The summed E-state index contributed by atoms with van der Waals surface area (Å²) in [6, 6.07) is 8.24. The van der Waals surface area contributed by atoms with Crippen LogP contribution in [0.25, 0.3) is 11.4 Å². The summed E-state index contributed by atoms with van der Waals surface area (Å²) in [5.41, 5.74) is 2.75. The molecule has 2 heterocycles. The number of pyridine rings is 1. The molecule has 28 heavy (non-hydrogen) atoms. The molecule has 0 saturated heterocycles. The fourth-order valence-electron chi connectivity index (χ4n) is 3.37. The number of fused-ring (bicyclic) bond motifs is 1. The van der Waals surface area contributed by atoms with Crippen LogP contribution in [0.3, 0.4) is 0 Å². The lowest BCUT2D eigenvalue weighted by Gasteiger charge is -2.14. The van der Waals surface area contributed by atoms with Crippen LogP contribution in [0.15, 0.2) is 41.1 Å². The number of hydrogen-bond acceptors (Lipinski definition) is 5. The zero-order chi connectivity index (χ0) is 19.7. The summed E-state index contributed by atoms with van der Waals surface area (Å²) >= 11 is 0. The first-order chi connectivity index (χ1) is 13.5. The van der Waals surface area contributed by atoms with Crippen LogP contribution in [-0.4, -0.2) is 21.0 Å². The summed E-state index contributed by atoms with van der Waals surface area (Å²) in [5, 5.41) is 6.92. The number of halogens is 2. The van der Waals surface area contributed by atoms with Gasteiger partial charge in [0.2, 0.25) is 11.7 Å². The average molecular weight is 384 g/mol. The summed E-state index contributed by atoms with van der Waals surface area (Å²) < 4.78 is 30.8. The molecule has 1 aromatic carbocycles. The van der Waals surface area contributed by atoms with Crippen LogP contribution in [0.2, 0.25) is 0 Å². The molecule has 1 aliphatic rings. The van der Waals surface area contributed by atoms with Gasteiger partial charge in [-0.3, -0.25) is 9.78 Å². The van der Waals surface area contributed by atoms with Crippen molar-refractivity contribution in [1.29, 1.82) is 0 Å². The summed E-state index contributed by atoms with van der Waals surface area (Å²) in [5.74, 6) is 0.738. The SMILES string of the molecule is CCc1nc(-c2ccc3c(c2)CC[C@H]3NC(=O)c2ccnc(C(F)F)c2)no1. The lowest BCUT2D eigenvalue weighted by atomic mass is 10.0. The van der Waals surface area contributed by atoms with Gasteiger partial charge in [0, 0.05) is 23.7 Å². The summed E-state index contributed by atoms with van der Waals surface area (Å²) in [6.07, 6.45) is 0.723. The van der Waals surface area contributed by atoms with Crippen molar-refractivity contribution >= 4 is 5.91 Å². The number of amides is 1. The Labute approximate surface area is 160 Å². The van der Waals surface area contributed by atoms with Crippen molar-refractivity contribution < 1.29 is 18.1 Å². The highest BCUT2D eigenvalue weighted by molar-refractivity contribution is 5.94. The normalized spacial score (nSPS) is 15.6. The van der Waals surface area contributed by atoms with Crippen molar-refractivity contribution in [3.8, 4) is 11.4 Å². The minimum Gasteiger partial charge on any atom is -0.345 e. The summed E-state index contributed by atoms with van der Waals surface area (Å²) in [4.78, 5) is 20.4. The molecular formula is C20H18F2N4O2. The quantitative estimate of drug-likeness (QED) is 0.718. The van der Waals surface area contributed by atoms with Gasteiger partial charge in [0.25, 0.3) is 12.3 Å². The molecule has 0 radical (unpaired) electrons. The van der Waals surface area contributed by atoms with Crippen molar-refractivity contribution in [2.24, 2.45) is 0 Å². The van der Waals surface area contributed by atoms with Crippen molar-refractivity contribution in [3.05, 3.63) is 64.8 Å². The van der Waals surface area contributed by atoms with Crippen molar-refractivity contribution in [1.82, 2.24) is 20.4 Å². The number of rotatable bonds is 5. The Hall–Kier alpha value is -3.16. The van der Waals surface area contributed by atoms with Gasteiger partial charge in [-0.25, -0.2) is 8.78 Å². The van der Waals surface area contributed by atoms with E-state index in [4.69, 9.17) is 4.52 Å². The van der Waals surface area contributed by atoms with Crippen LogP contribution in [0.4, 0.5) is 8.78 Å². The van der Waals surface area contributed by atoms with Gasteiger partial charge >= 0.3 is 0 Å². The lowest BCUT2D eigenvalue weighted by molar-refractivity contribution is 0.0936. The third-order valence-corrected chi connectivity index (χ3v) is 4.82. The van der Waals surface area contributed by atoms with E-state index >= 15 is 0 Å². The molecule has 0 fully saturated rings. The van der Waals surface area contributed by atoms with E-state index < -0.39 is 18.0 Å². The Balaban J connectivity index is 1.52. The number of nitrogens with one attached hydrogen (secondary N) is 1. The fraction of sp³-hybridized carbons (Fsp3) is 0.300. The van der Waals surface area contributed by atoms with Crippen LogP contribution in [0.5, 0.6) is 0 Å². The minimum atomic E-state index is -2.71. The zero-order valence-electron chi connectivity index (χ0n) is 15.2. The van der Waals surface area contributed by atoms with Crippen LogP contribution in [0.1, 0.15) is 58.9 Å². The van der Waals surface area contributed by atoms with Crippen LogP contribution >= 0.6 is 0 Å². The largest absolute Gasteiger partial charge is 0.345 e. The monoisotopic (exact) mass is 384 g/mol. The van der Waals surface area contributed by atoms with Gasteiger partial charge in [-0.2, -0.15) is 4.98 Å². The highest BCUT2D eigenvalue weighted by atomic mass is 19.3. The van der Waals surface area contributed by atoms with Crippen LogP contribution in [0, 0.1) is 0 Å². The number of aromatic nitrogens is 3. The third-order valence-electron chi connectivity index (χ3n) is 4.82. The molecule has 1 amide bonds. The van der Waals surface area contributed by atoms with E-state index in [-0.39, 0.29) is 11.6 Å². The van der Waals surface area contributed by atoms with Gasteiger partial charge in [0.15, 0.2) is 0 Å². The minimum absolute atomic E-state index is 0.170. The third kappa shape index (κ3) is 3.49. The van der Waals surface area contributed by atoms with E-state index in [1.54, 1.807) is 0 Å². The van der Waals surface area contributed by atoms with E-state index in [1.807, 2.05) is 25.1 Å². The van der Waals surface area contributed by atoms with Crippen molar-refractivity contribution in [2.45, 2.75) is 38.7 Å².